The number of rotatable bonds is 2. The molecule has 0 aliphatic carbocycles. The molecule has 0 aliphatic rings. The summed E-state index contributed by atoms with van der Waals surface area (Å²) in [6.45, 7) is 0. The van der Waals surface area contributed by atoms with Gasteiger partial charge in [0.15, 0.2) is 46.5 Å². The molecule has 0 heterocycles. The normalized spacial score (nSPS) is 11.2. The first kappa shape index (κ1) is 29.3. The van der Waals surface area contributed by atoms with Gasteiger partial charge in [-0.3, -0.25) is 8.78 Å². The molecule has 1 nitrogen and oxygen atoms in total. The van der Waals surface area contributed by atoms with E-state index in [1.807, 2.05) is 0 Å². The molecule has 0 bridgehead atoms. The van der Waals surface area contributed by atoms with Crippen molar-refractivity contribution in [1.82, 2.24) is 0 Å². The van der Waals surface area contributed by atoms with Gasteiger partial charge < -0.3 is 0 Å². The molecule has 0 N–H and O–H groups in total. The summed E-state index contributed by atoms with van der Waals surface area (Å²) in [5, 5.41) is 0.539. The number of fused-ring (bicyclic) bond motifs is 2. The second kappa shape index (κ2) is 9.83. The van der Waals surface area contributed by atoms with E-state index in [0.717, 1.165) is 0 Å². The number of hydrogen-bond donors (Lipinski definition) is 0. The van der Waals surface area contributed by atoms with E-state index in [0.29, 0.717) is 6.07 Å². The summed E-state index contributed by atoms with van der Waals surface area (Å²) < 4.78 is 199. The minimum atomic E-state index is -2.78. The quantitative estimate of drug-likeness (QED) is 0.116. The van der Waals surface area contributed by atoms with Crippen LogP contribution in [0.1, 0.15) is 11.1 Å². The summed E-state index contributed by atoms with van der Waals surface area (Å²) in [4.78, 5) is 0. The molecular weight excluding hydrogens is 567 g/mol. The zero-order valence-corrected chi connectivity index (χ0v) is 19.7. The zero-order valence-electron chi connectivity index (χ0n) is 17.7. The second-order valence-corrected chi connectivity index (χ2v) is 7.13. The molecule has 0 amide bonds. The molecule has 0 spiro atoms. The van der Waals surface area contributed by atoms with Crippen molar-refractivity contribution >= 4 is 21.5 Å². The second-order valence-electron chi connectivity index (χ2n) is 7.13. The van der Waals surface area contributed by atoms with Crippen LogP contribution in [0.15, 0.2) is 0 Å². The van der Waals surface area contributed by atoms with Crippen molar-refractivity contribution in [2.45, 2.75) is 0 Å². The number of benzene rings is 4. The van der Waals surface area contributed by atoms with Crippen molar-refractivity contribution in [3.63, 3.8) is 0 Å². The molecule has 0 fully saturated rings. The first-order chi connectivity index (χ1) is 17.2. The van der Waals surface area contributed by atoms with Crippen LogP contribution in [0.25, 0.3) is 21.5 Å². The summed E-state index contributed by atoms with van der Waals surface area (Å²) in [6.07, 6.45) is 0. The van der Waals surface area contributed by atoms with Crippen molar-refractivity contribution in [2.24, 2.45) is 0 Å². The van der Waals surface area contributed by atoms with Gasteiger partial charge in [0.25, 0.3) is 0 Å². The van der Waals surface area contributed by atoms with Crippen LogP contribution in [0.4, 0.5) is 61.5 Å². The van der Waals surface area contributed by atoms with E-state index in [2.05, 4.69) is 0 Å². The SMILES string of the molecule is N#C[C-](c1c(F)c(F)c2c(F)c(F)c(F)c(F)c2c1F)c1c(F)c(F)c2c(F)c(F)c(F)c(F)c2c1F.[Na+]. The molecule has 38 heavy (non-hydrogen) atoms. The van der Waals surface area contributed by atoms with Crippen LogP contribution < -0.4 is 29.6 Å². The maximum atomic E-state index is 15.1. The minimum absolute atomic E-state index is 0. The Hall–Kier alpha value is -3.22. The van der Waals surface area contributed by atoms with Gasteiger partial charge in [-0.05, 0) is 17.0 Å². The van der Waals surface area contributed by atoms with Gasteiger partial charge in [-0.25, -0.2) is 57.9 Å². The van der Waals surface area contributed by atoms with E-state index in [-0.39, 0.29) is 29.6 Å². The Morgan fingerprint density at radius 3 is 0.789 bits per heavy atom. The molecule has 4 aromatic carbocycles. The molecule has 16 heteroatoms. The molecule has 4 rings (SSSR count). The first-order valence-corrected chi connectivity index (χ1v) is 9.12. The van der Waals surface area contributed by atoms with Crippen molar-refractivity contribution in [3.8, 4) is 6.07 Å². The van der Waals surface area contributed by atoms with Crippen LogP contribution in [-0.2, 0) is 0 Å². The van der Waals surface area contributed by atoms with Crippen molar-refractivity contribution in [3.05, 3.63) is 98.5 Å². The largest absolute Gasteiger partial charge is 1.00 e. The molecule has 0 unspecified atom stereocenters. The maximum Gasteiger partial charge on any atom is 1.00 e. The van der Waals surface area contributed by atoms with E-state index in [9.17, 15) is 57.9 Å². The van der Waals surface area contributed by atoms with Crippen LogP contribution in [0, 0.1) is 98.7 Å². The first-order valence-electron chi connectivity index (χ1n) is 9.12. The van der Waals surface area contributed by atoms with E-state index < -0.39 is 120 Å². The van der Waals surface area contributed by atoms with Crippen molar-refractivity contribution < 1.29 is 91.0 Å². The van der Waals surface area contributed by atoms with Crippen LogP contribution in [0.5, 0.6) is 0 Å². The topological polar surface area (TPSA) is 23.8 Å². The molecule has 0 saturated carbocycles. The Kier molecular flexibility index (Phi) is 7.59. The van der Waals surface area contributed by atoms with Gasteiger partial charge in [0, 0.05) is 10.8 Å². The van der Waals surface area contributed by atoms with Gasteiger partial charge in [-0.2, -0.15) is 0 Å². The van der Waals surface area contributed by atoms with E-state index in [4.69, 9.17) is 0 Å². The predicted molar refractivity (Wildman–Crippen MR) is 94.4 cm³/mol. The van der Waals surface area contributed by atoms with Gasteiger partial charge in [-0.1, -0.05) is 0 Å². The Morgan fingerprint density at radius 2 is 0.553 bits per heavy atom. The van der Waals surface area contributed by atoms with E-state index in [1.54, 1.807) is 0 Å². The molecule has 0 aliphatic heterocycles. The number of halogens is 14. The zero-order chi connectivity index (χ0) is 27.8. The molecule has 0 saturated heterocycles. The Bertz CT molecular complexity index is 1620. The summed E-state index contributed by atoms with van der Waals surface area (Å²) in [5.41, 5.74) is -4.64. The third kappa shape index (κ3) is 3.69. The molecule has 192 valence electrons. The summed E-state index contributed by atoms with van der Waals surface area (Å²) in [6, 6.07) is 0.657. The third-order valence-electron chi connectivity index (χ3n) is 5.29. The van der Waals surface area contributed by atoms with Crippen LogP contribution in [-0.4, -0.2) is 0 Å². The van der Waals surface area contributed by atoms with Crippen LogP contribution in [0.2, 0.25) is 0 Å². The number of nitriles is 1. The standard InChI is InChI=1S/C22F14N.Na/c23-9-3(11(25)13(27)7-5(9)15(29)19(33)21(35)17(7)31)2(1-37)4-10(24)6-8(14(28)12(4)26)18(32)22(36)20(34)16(6)30;/q-1;+1. The van der Waals surface area contributed by atoms with Crippen molar-refractivity contribution in [1.29, 1.82) is 5.26 Å². The fourth-order valence-corrected chi connectivity index (χ4v) is 3.65. The molecule has 0 atom stereocenters. The predicted octanol–water partition coefficient (Wildman–Crippen LogP) is 4.44. The van der Waals surface area contributed by atoms with E-state index >= 15 is 8.78 Å². The van der Waals surface area contributed by atoms with Gasteiger partial charge in [0.1, 0.15) is 23.3 Å². The van der Waals surface area contributed by atoms with Crippen LogP contribution in [0.3, 0.4) is 0 Å². The fraction of sp³-hybridized carbons (Fsp3) is 0. The smallest absolute Gasteiger partial charge is 0.252 e. The third-order valence-corrected chi connectivity index (χ3v) is 5.29. The number of hydrogen-bond acceptors (Lipinski definition) is 1. The molecular formula is C22F14NNa. The average molecular weight is 567 g/mol. The maximum absolute atomic E-state index is 15.1. The van der Waals surface area contributed by atoms with Gasteiger partial charge in [0.2, 0.25) is 0 Å². The Labute approximate surface area is 222 Å². The number of nitrogens with zero attached hydrogens (tertiary/aromatic N) is 1. The molecule has 0 aromatic heterocycles. The monoisotopic (exact) mass is 567 g/mol. The summed E-state index contributed by atoms with van der Waals surface area (Å²) in [5.74, 6) is -40.2. The van der Waals surface area contributed by atoms with Gasteiger partial charge in [-0.15, -0.1) is 0 Å². The average Bonchev–Trinajstić information content (AvgIpc) is 2.86. The fourth-order valence-electron chi connectivity index (χ4n) is 3.65. The van der Waals surface area contributed by atoms with Crippen molar-refractivity contribution in [2.75, 3.05) is 0 Å². The van der Waals surface area contributed by atoms with E-state index in [1.165, 1.54) is 0 Å². The summed E-state index contributed by atoms with van der Waals surface area (Å²) >= 11 is 0. The Balaban J connectivity index is 0.00000400. The molecule has 4 aromatic rings. The summed E-state index contributed by atoms with van der Waals surface area (Å²) in [7, 11) is 0. The van der Waals surface area contributed by atoms with Gasteiger partial charge >= 0.3 is 29.6 Å². The van der Waals surface area contributed by atoms with Gasteiger partial charge in [0.05, 0.1) is 28.5 Å². The molecule has 0 radical (unpaired) electrons. The minimum Gasteiger partial charge on any atom is -0.252 e. The Morgan fingerprint density at radius 1 is 0.342 bits per heavy atom. The van der Waals surface area contributed by atoms with Crippen LogP contribution >= 0.6 is 0 Å².